The number of hydrogen-bond donors (Lipinski definition) is 3. The Hall–Kier alpha value is -4.01. The van der Waals surface area contributed by atoms with Crippen molar-refractivity contribution in [1.29, 1.82) is 0 Å². The molecule has 0 unspecified atom stereocenters. The Labute approximate surface area is 245 Å². The largest absolute Gasteiger partial charge is 0.493 e. The summed E-state index contributed by atoms with van der Waals surface area (Å²) in [5.41, 5.74) is 4.35. The lowest BCUT2D eigenvalue weighted by atomic mass is 9.95. The van der Waals surface area contributed by atoms with E-state index in [1.807, 2.05) is 13.0 Å². The van der Waals surface area contributed by atoms with Crippen LogP contribution >= 0.6 is 22.6 Å². The number of methoxy groups -OCH3 is 2. The molecule has 2 aromatic carbocycles. The molecule has 0 radical (unpaired) electrons. The molecule has 214 valence electrons. The van der Waals surface area contributed by atoms with Gasteiger partial charge in [0.15, 0.2) is 29.6 Å². The monoisotopic (exact) mass is 666 g/mol. The molecule has 1 aliphatic heterocycles. The number of nitrogens with zero attached hydrogens (tertiary/aromatic N) is 1. The second kappa shape index (κ2) is 14.4. The Balaban J connectivity index is 1.68. The zero-order valence-corrected chi connectivity index (χ0v) is 24.9. The van der Waals surface area contributed by atoms with Crippen LogP contribution in [-0.4, -0.2) is 58.2 Å². The molecule has 1 heterocycles. The average Bonchev–Trinajstić information content (AvgIpc) is 2.92. The van der Waals surface area contributed by atoms with Gasteiger partial charge in [-0.1, -0.05) is 6.07 Å². The molecule has 0 saturated heterocycles. The minimum Gasteiger partial charge on any atom is -0.493 e. The maximum atomic E-state index is 12.6. The van der Waals surface area contributed by atoms with Gasteiger partial charge in [0.25, 0.3) is 5.91 Å². The predicted octanol–water partition coefficient (Wildman–Crippen LogP) is 3.43. The summed E-state index contributed by atoms with van der Waals surface area (Å²) in [7, 11) is 2.99. The lowest BCUT2D eigenvalue weighted by Crippen LogP contribution is -2.45. The van der Waals surface area contributed by atoms with Crippen LogP contribution < -0.4 is 35.0 Å². The number of benzene rings is 2. The Bertz CT molecular complexity index is 1330. The zero-order valence-electron chi connectivity index (χ0n) is 22.8. The Morgan fingerprint density at radius 1 is 1.05 bits per heavy atom. The molecule has 0 saturated carbocycles. The van der Waals surface area contributed by atoms with Crippen molar-refractivity contribution in [1.82, 2.24) is 16.1 Å². The van der Waals surface area contributed by atoms with E-state index in [4.69, 9.17) is 23.7 Å². The first-order chi connectivity index (χ1) is 19.2. The number of carbonyl (C=O) groups excluding carboxylic acids is 3. The van der Waals surface area contributed by atoms with Crippen LogP contribution in [0.25, 0.3) is 0 Å². The normalized spacial score (nSPS) is 14.8. The second-order valence-corrected chi connectivity index (χ2v) is 9.41. The molecule has 13 heteroatoms. The molecule has 40 heavy (non-hydrogen) atoms. The smallest absolute Gasteiger partial charge is 0.338 e. The van der Waals surface area contributed by atoms with Gasteiger partial charge in [0, 0.05) is 5.70 Å². The molecule has 0 aliphatic carbocycles. The fraction of sp³-hybridized carbons (Fsp3) is 0.333. The fourth-order valence-electron chi connectivity index (χ4n) is 3.86. The minimum absolute atomic E-state index is 0.187. The predicted molar refractivity (Wildman–Crippen MR) is 155 cm³/mol. The molecule has 1 aliphatic rings. The third-order valence-electron chi connectivity index (χ3n) is 5.59. The highest BCUT2D eigenvalue weighted by Gasteiger charge is 2.32. The Morgan fingerprint density at radius 3 is 2.48 bits per heavy atom. The SMILES string of the molecule is CCOC(=O)C1=C(C)NC(=O)N[C@@H]1c1ccc(OCC(=O)N/N=C/c2cc(I)c(OCC)c(OC)c2)c(OC)c1. The van der Waals surface area contributed by atoms with Crippen molar-refractivity contribution in [3.63, 3.8) is 0 Å². The molecular formula is C27H31IN4O8. The molecule has 12 nitrogen and oxygen atoms in total. The van der Waals surface area contributed by atoms with Crippen molar-refractivity contribution in [2.24, 2.45) is 5.10 Å². The van der Waals surface area contributed by atoms with E-state index in [2.05, 4.69) is 43.8 Å². The van der Waals surface area contributed by atoms with E-state index in [0.29, 0.717) is 40.7 Å². The van der Waals surface area contributed by atoms with E-state index >= 15 is 0 Å². The van der Waals surface area contributed by atoms with Gasteiger partial charge < -0.3 is 34.3 Å². The van der Waals surface area contributed by atoms with Gasteiger partial charge in [-0.15, -0.1) is 0 Å². The standard InChI is InChI=1S/C27H31IN4O8/c1-6-38-25-18(28)10-16(11-21(25)37-5)13-29-32-22(33)14-40-19-9-8-17(12-20(19)36-4)24-23(26(34)39-7-2)15(3)30-27(35)31-24/h8-13,24H,6-7,14H2,1-5H3,(H,32,33)(H2,30,31,35)/b29-13+/t24-/m1/s1. The fourth-order valence-corrected chi connectivity index (χ4v) is 4.64. The third kappa shape index (κ3) is 7.55. The molecule has 1 atom stereocenters. The first-order valence-electron chi connectivity index (χ1n) is 12.3. The lowest BCUT2D eigenvalue weighted by molar-refractivity contribution is -0.139. The van der Waals surface area contributed by atoms with Gasteiger partial charge in [0.1, 0.15) is 0 Å². The molecule has 3 rings (SSSR count). The zero-order chi connectivity index (χ0) is 29.2. The number of amides is 3. The van der Waals surface area contributed by atoms with E-state index < -0.39 is 23.9 Å². The number of hydrazone groups is 1. The molecule has 3 N–H and O–H groups in total. The highest BCUT2D eigenvalue weighted by atomic mass is 127. The van der Waals surface area contributed by atoms with Crippen molar-refractivity contribution in [3.05, 3.63) is 56.3 Å². The molecular weight excluding hydrogens is 635 g/mol. The van der Waals surface area contributed by atoms with Crippen LogP contribution in [0.1, 0.15) is 37.9 Å². The van der Waals surface area contributed by atoms with Crippen molar-refractivity contribution >= 4 is 46.7 Å². The summed E-state index contributed by atoms with van der Waals surface area (Å²) < 4.78 is 28.1. The molecule has 0 spiro atoms. The van der Waals surface area contributed by atoms with Gasteiger partial charge in [0.2, 0.25) is 0 Å². The quantitative estimate of drug-likeness (QED) is 0.135. The van der Waals surface area contributed by atoms with Crippen LogP contribution in [0.2, 0.25) is 0 Å². The first-order valence-corrected chi connectivity index (χ1v) is 13.4. The Kier molecular flexibility index (Phi) is 11.0. The molecule has 0 bridgehead atoms. The molecule has 3 amide bonds. The van der Waals surface area contributed by atoms with Crippen LogP contribution in [0.5, 0.6) is 23.0 Å². The number of rotatable bonds is 12. The Morgan fingerprint density at radius 2 is 1.80 bits per heavy atom. The van der Waals surface area contributed by atoms with E-state index in [-0.39, 0.29) is 24.5 Å². The van der Waals surface area contributed by atoms with E-state index in [9.17, 15) is 14.4 Å². The maximum absolute atomic E-state index is 12.6. The minimum atomic E-state index is -0.766. The maximum Gasteiger partial charge on any atom is 0.338 e. The van der Waals surface area contributed by atoms with E-state index in [1.165, 1.54) is 13.3 Å². The van der Waals surface area contributed by atoms with E-state index in [0.717, 1.165) is 3.57 Å². The molecule has 0 fully saturated rings. The van der Waals surface area contributed by atoms with Gasteiger partial charge in [-0.2, -0.15) is 5.10 Å². The van der Waals surface area contributed by atoms with Crippen LogP contribution in [-0.2, 0) is 14.3 Å². The topological polar surface area (TPSA) is 146 Å². The van der Waals surface area contributed by atoms with Gasteiger partial charge in [-0.25, -0.2) is 15.0 Å². The van der Waals surface area contributed by atoms with Gasteiger partial charge in [-0.3, -0.25) is 4.79 Å². The van der Waals surface area contributed by atoms with Crippen LogP contribution in [0.4, 0.5) is 4.79 Å². The number of halogens is 1. The first kappa shape index (κ1) is 30.5. The van der Waals surface area contributed by atoms with Gasteiger partial charge >= 0.3 is 12.0 Å². The highest BCUT2D eigenvalue weighted by molar-refractivity contribution is 14.1. The number of hydrogen-bond acceptors (Lipinski definition) is 9. The van der Waals surface area contributed by atoms with Gasteiger partial charge in [-0.05, 0) is 78.8 Å². The van der Waals surface area contributed by atoms with Crippen LogP contribution in [0.3, 0.4) is 0 Å². The summed E-state index contributed by atoms with van der Waals surface area (Å²) in [5, 5.41) is 9.31. The number of allylic oxidation sites excluding steroid dienone is 1. The van der Waals surface area contributed by atoms with Crippen LogP contribution in [0, 0.1) is 3.57 Å². The summed E-state index contributed by atoms with van der Waals surface area (Å²) in [4.78, 5) is 37.0. The van der Waals surface area contributed by atoms with Crippen molar-refractivity contribution in [2.45, 2.75) is 26.8 Å². The van der Waals surface area contributed by atoms with Crippen molar-refractivity contribution in [2.75, 3.05) is 34.0 Å². The summed E-state index contributed by atoms with van der Waals surface area (Å²) in [6, 6.07) is 7.25. The molecule has 2 aromatic rings. The average molecular weight is 666 g/mol. The summed E-state index contributed by atoms with van der Waals surface area (Å²) in [6.45, 7) is 5.57. The van der Waals surface area contributed by atoms with Crippen molar-refractivity contribution in [3.8, 4) is 23.0 Å². The summed E-state index contributed by atoms with van der Waals surface area (Å²) in [5.74, 6) is 0.750. The van der Waals surface area contributed by atoms with E-state index in [1.54, 1.807) is 45.2 Å². The van der Waals surface area contributed by atoms with Crippen molar-refractivity contribution < 1.29 is 38.1 Å². The summed E-state index contributed by atoms with van der Waals surface area (Å²) in [6.07, 6.45) is 1.48. The highest BCUT2D eigenvalue weighted by Crippen LogP contribution is 2.35. The third-order valence-corrected chi connectivity index (χ3v) is 6.39. The number of urea groups is 1. The lowest BCUT2D eigenvalue weighted by Gasteiger charge is -2.28. The number of nitrogens with one attached hydrogen (secondary N) is 3. The molecule has 0 aromatic heterocycles. The second-order valence-electron chi connectivity index (χ2n) is 8.25. The van der Waals surface area contributed by atoms with Crippen LogP contribution in [0.15, 0.2) is 46.7 Å². The number of ether oxygens (including phenoxy) is 5. The number of esters is 1. The summed E-state index contributed by atoms with van der Waals surface area (Å²) >= 11 is 2.14. The van der Waals surface area contributed by atoms with Gasteiger partial charge in [0.05, 0.1) is 48.8 Å². The number of carbonyl (C=O) groups is 3.